The van der Waals surface area contributed by atoms with Crippen LogP contribution in [0.15, 0.2) is 18.2 Å². The molecule has 1 aromatic rings. The topological polar surface area (TPSA) is 69.8 Å². The van der Waals surface area contributed by atoms with Crippen LogP contribution in [0, 0.1) is 12.8 Å². The van der Waals surface area contributed by atoms with Gasteiger partial charge in [-0.25, -0.2) is 0 Å². The zero-order valence-corrected chi connectivity index (χ0v) is 14.0. The highest BCUT2D eigenvalue weighted by atomic mass is 16.4. The Kier molecular flexibility index (Phi) is 4.71. The molecule has 23 heavy (non-hydrogen) atoms. The molecule has 3 atom stereocenters. The van der Waals surface area contributed by atoms with Crippen molar-refractivity contribution < 1.29 is 9.90 Å². The molecule has 5 heteroatoms. The number of benzene rings is 1. The summed E-state index contributed by atoms with van der Waals surface area (Å²) in [7, 11) is 2.12. The van der Waals surface area contributed by atoms with Gasteiger partial charge in [-0.15, -0.1) is 0 Å². The van der Waals surface area contributed by atoms with Crippen molar-refractivity contribution in [2.24, 2.45) is 11.7 Å². The molecule has 5 nitrogen and oxygen atoms in total. The minimum Gasteiger partial charge on any atom is -0.481 e. The van der Waals surface area contributed by atoms with Gasteiger partial charge in [-0.3, -0.25) is 14.6 Å². The number of likely N-dealkylation sites (N-methyl/N-ethyl adjacent to an activating group) is 1. The lowest BCUT2D eigenvalue weighted by Gasteiger charge is -2.46. The number of hydrogen-bond donors (Lipinski definition) is 2. The number of carboxylic acids is 1. The van der Waals surface area contributed by atoms with E-state index in [9.17, 15) is 9.90 Å². The largest absolute Gasteiger partial charge is 0.481 e. The van der Waals surface area contributed by atoms with Crippen molar-refractivity contribution in [1.82, 2.24) is 9.80 Å². The zero-order chi connectivity index (χ0) is 16.6. The van der Waals surface area contributed by atoms with Crippen LogP contribution in [0.5, 0.6) is 0 Å². The van der Waals surface area contributed by atoms with Crippen molar-refractivity contribution in [3.8, 4) is 0 Å². The molecule has 3 unspecified atom stereocenters. The number of nitrogens with zero attached hydrogens (tertiary/aromatic N) is 2. The molecule has 0 spiro atoms. The van der Waals surface area contributed by atoms with Crippen LogP contribution in [-0.4, -0.2) is 54.1 Å². The molecular weight excluding hydrogens is 290 g/mol. The maximum Gasteiger partial charge on any atom is 0.307 e. The number of carboxylic acid groups (broad SMARTS) is 1. The van der Waals surface area contributed by atoms with Crippen molar-refractivity contribution >= 4 is 5.97 Å². The second-order valence-corrected chi connectivity index (χ2v) is 6.96. The molecular formula is C18H27N3O2. The van der Waals surface area contributed by atoms with Gasteiger partial charge in [0, 0.05) is 31.7 Å². The number of aliphatic carboxylic acids is 1. The molecule has 0 aliphatic carbocycles. The van der Waals surface area contributed by atoms with E-state index in [0.29, 0.717) is 13.1 Å². The molecule has 1 aromatic carbocycles. The van der Waals surface area contributed by atoms with Gasteiger partial charge in [0.1, 0.15) is 0 Å². The predicted octanol–water partition coefficient (Wildman–Crippen LogP) is 1.78. The van der Waals surface area contributed by atoms with Gasteiger partial charge in [0.2, 0.25) is 0 Å². The van der Waals surface area contributed by atoms with Gasteiger partial charge in [0.15, 0.2) is 0 Å². The fourth-order valence-electron chi connectivity index (χ4n) is 4.27. The van der Waals surface area contributed by atoms with Gasteiger partial charge >= 0.3 is 5.97 Å². The molecule has 126 valence electrons. The Balaban J connectivity index is 1.95. The average Bonchev–Trinajstić information content (AvgIpc) is 2.54. The summed E-state index contributed by atoms with van der Waals surface area (Å²) >= 11 is 0. The summed E-state index contributed by atoms with van der Waals surface area (Å²) in [6.45, 7) is 5.30. The Labute approximate surface area is 138 Å². The van der Waals surface area contributed by atoms with Crippen LogP contribution in [0.1, 0.15) is 41.6 Å². The van der Waals surface area contributed by atoms with Gasteiger partial charge in [0.05, 0.1) is 5.92 Å². The number of rotatable bonds is 3. The van der Waals surface area contributed by atoms with Crippen LogP contribution in [-0.2, 0) is 4.79 Å². The third kappa shape index (κ3) is 3.01. The van der Waals surface area contributed by atoms with Gasteiger partial charge < -0.3 is 10.8 Å². The van der Waals surface area contributed by atoms with E-state index in [0.717, 1.165) is 25.9 Å². The smallest absolute Gasteiger partial charge is 0.307 e. The van der Waals surface area contributed by atoms with Crippen molar-refractivity contribution in [1.29, 1.82) is 0 Å². The standard InChI is InChI=1S/C18H27N3O2/c1-12-5-3-7-14-15(9-19)20(2)11-16(17(12)14)21-8-4-6-13(10-21)18(22)23/h3,5,7,13,15-16H,4,6,8-11,19H2,1-2H3,(H,22,23). The third-order valence-electron chi connectivity index (χ3n) is 5.51. The maximum absolute atomic E-state index is 11.4. The number of aryl methyl sites for hydroxylation is 1. The molecule has 2 heterocycles. The number of likely N-dealkylation sites (tertiary alicyclic amines) is 1. The fraction of sp³-hybridized carbons (Fsp3) is 0.611. The monoisotopic (exact) mass is 317 g/mol. The molecule has 0 radical (unpaired) electrons. The van der Waals surface area contributed by atoms with Crippen molar-refractivity contribution in [2.45, 2.75) is 31.8 Å². The molecule has 0 bridgehead atoms. The number of carbonyl (C=O) groups is 1. The Morgan fingerprint density at radius 1 is 1.39 bits per heavy atom. The lowest BCUT2D eigenvalue weighted by molar-refractivity contribution is -0.144. The number of hydrogen-bond acceptors (Lipinski definition) is 4. The van der Waals surface area contributed by atoms with E-state index in [1.807, 2.05) is 0 Å². The van der Waals surface area contributed by atoms with E-state index in [2.05, 4.69) is 42.0 Å². The van der Waals surface area contributed by atoms with E-state index in [-0.39, 0.29) is 18.0 Å². The molecule has 0 aromatic heterocycles. The van der Waals surface area contributed by atoms with Crippen molar-refractivity contribution in [2.75, 3.05) is 33.2 Å². The highest BCUT2D eigenvalue weighted by Gasteiger charge is 2.37. The summed E-state index contributed by atoms with van der Waals surface area (Å²) in [6.07, 6.45) is 1.75. The molecule has 2 aliphatic rings. The lowest BCUT2D eigenvalue weighted by Crippen LogP contribution is -2.48. The summed E-state index contributed by atoms with van der Waals surface area (Å²) in [4.78, 5) is 16.1. The molecule has 1 fully saturated rings. The van der Waals surface area contributed by atoms with Gasteiger partial charge in [-0.2, -0.15) is 0 Å². The first-order valence-electron chi connectivity index (χ1n) is 8.49. The zero-order valence-electron chi connectivity index (χ0n) is 14.0. The normalized spacial score (nSPS) is 29.3. The highest BCUT2D eigenvalue weighted by Crippen LogP contribution is 2.39. The van der Waals surface area contributed by atoms with E-state index < -0.39 is 5.97 Å². The van der Waals surface area contributed by atoms with Gasteiger partial charge in [0.25, 0.3) is 0 Å². The first-order chi connectivity index (χ1) is 11.0. The molecule has 0 saturated carbocycles. The van der Waals surface area contributed by atoms with E-state index >= 15 is 0 Å². The quantitative estimate of drug-likeness (QED) is 0.889. The molecule has 0 amide bonds. The van der Waals surface area contributed by atoms with Crippen LogP contribution in [0.25, 0.3) is 0 Å². The van der Waals surface area contributed by atoms with Crippen molar-refractivity contribution in [3.63, 3.8) is 0 Å². The third-order valence-corrected chi connectivity index (χ3v) is 5.51. The summed E-state index contributed by atoms with van der Waals surface area (Å²) in [5, 5.41) is 9.38. The minimum atomic E-state index is -0.663. The first kappa shape index (κ1) is 16.4. The first-order valence-corrected chi connectivity index (χ1v) is 8.49. The van der Waals surface area contributed by atoms with Crippen molar-refractivity contribution in [3.05, 3.63) is 34.9 Å². The summed E-state index contributed by atoms with van der Waals surface area (Å²) in [5.74, 6) is -0.905. The van der Waals surface area contributed by atoms with Crippen LogP contribution in [0.3, 0.4) is 0 Å². The summed E-state index contributed by atoms with van der Waals surface area (Å²) in [6, 6.07) is 6.95. The number of nitrogens with two attached hydrogens (primary N) is 1. The fourth-order valence-corrected chi connectivity index (χ4v) is 4.27. The van der Waals surface area contributed by atoms with Crippen LogP contribution < -0.4 is 5.73 Å². The van der Waals surface area contributed by atoms with Gasteiger partial charge in [-0.05, 0) is 50.0 Å². The molecule has 1 saturated heterocycles. The Bertz CT molecular complexity index is 590. The van der Waals surface area contributed by atoms with E-state index in [1.165, 1.54) is 16.7 Å². The number of piperidine rings is 1. The van der Waals surface area contributed by atoms with E-state index in [1.54, 1.807) is 0 Å². The Hall–Kier alpha value is -1.43. The maximum atomic E-state index is 11.4. The van der Waals surface area contributed by atoms with Crippen LogP contribution >= 0.6 is 0 Å². The summed E-state index contributed by atoms with van der Waals surface area (Å²) in [5.41, 5.74) is 9.98. The number of fused-ring (bicyclic) bond motifs is 1. The van der Waals surface area contributed by atoms with E-state index in [4.69, 9.17) is 5.73 Å². The highest BCUT2D eigenvalue weighted by molar-refractivity contribution is 5.70. The van der Waals surface area contributed by atoms with Crippen LogP contribution in [0.4, 0.5) is 0 Å². The predicted molar refractivity (Wildman–Crippen MR) is 90.3 cm³/mol. The minimum absolute atomic E-state index is 0.242. The SMILES string of the molecule is Cc1cccc2c1C(N1CCCC(C(=O)O)C1)CN(C)C2CN. The van der Waals surface area contributed by atoms with Gasteiger partial charge in [-0.1, -0.05) is 18.2 Å². The Morgan fingerprint density at radius 3 is 2.87 bits per heavy atom. The van der Waals surface area contributed by atoms with Crippen LogP contribution in [0.2, 0.25) is 0 Å². The summed E-state index contributed by atoms with van der Waals surface area (Å²) < 4.78 is 0. The average molecular weight is 317 g/mol. The second-order valence-electron chi connectivity index (χ2n) is 6.96. The Morgan fingerprint density at radius 2 is 2.17 bits per heavy atom. The molecule has 2 aliphatic heterocycles. The molecule has 3 N–H and O–H groups in total. The lowest BCUT2D eigenvalue weighted by atomic mass is 9.84. The molecule has 3 rings (SSSR count). The second kappa shape index (κ2) is 6.59.